The fourth-order valence-corrected chi connectivity index (χ4v) is 4.93. The monoisotopic (exact) mass is 513 g/mol. The quantitative estimate of drug-likeness (QED) is 0.254. The van der Waals surface area contributed by atoms with Crippen LogP contribution in [0.4, 0.5) is 22.9 Å². The van der Waals surface area contributed by atoms with Gasteiger partial charge in [-0.1, -0.05) is 25.0 Å². The number of nitrogens with zero attached hydrogens (tertiary/aromatic N) is 3. The number of hydrogen-bond acceptors (Lipinski definition) is 9. The molecule has 9 nitrogen and oxygen atoms in total. The number of ether oxygens (including phenoxy) is 1. The van der Waals surface area contributed by atoms with Crippen molar-refractivity contribution in [2.45, 2.75) is 45.1 Å². The van der Waals surface area contributed by atoms with E-state index in [0.717, 1.165) is 60.8 Å². The summed E-state index contributed by atoms with van der Waals surface area (Å²) in [6.45, 7) is 3.43. The highest BCUT2D eigenvalue weighted by atomic mass is 16.5. The summed E-state index contributed by atoms with van der Waals surface area (Å²) >= 11 is 0. The molecule has 0 radical (unpaired) electrons. The lowest BCUT2D eigenvalue weighted by molar-refractivity contribution is -0.144. The number of pyridine rings is 2. The second-order valence-electron chi connectivity index (χ2n) is 9.51. The Morgan fingerprint density at radius 1 is 1.00 bits per heavy atom. The van der Waals surface area contributed by atoms with Gasteiger partial charge in [0.1, 0.15) is 23.2 Å². The van der Waals surface area contributed by atoms with E-state index in [1.165, 1.54) is 0 Å². The molecular weight excluding hydrogens is 482 g/mol. The van der Waals surface area contributed by atoms with E-state index in [0.29, 0.717) is 17.9 Å². The van der Waals surface area contributed by atoms with Gasteiger partial charge in [-0.2, -0.15) is 0 Å². The van der Waals surface area contributed by atoms with Gasteiger partial charge in [0.2, 0.25) is 0 Å². The summed E-state index contributed by atoms with van der Waals surface area (Å²) in [5, 5.41) is 8.35. The van der Waals surface area contributed by atoms with Gasteiger partial charge < -0.3 is 20.3 Å². The Labute approximate surface area is 220 Å². The summed E-state index contributed by atoms with van der Waals surface area (Å²) < 4.78 is 5.29. The average Bonchev–Trinajstić information content (AvgIpc) is 3.22. The van der Waals surface area contributed by atoms with Crippen molar-refractivity contribution in [1.29, 1.82) is 0 Å². The van der Waals surface area contributed by atoms with E-state index >= 15 is 0 Å². The van der Waals surface area contributed by atoms with E-state index in [-0.39, 0.29) is 12.3 Å². The van der Waals surface area contributed by atoms with Crippen LogP contribution >= 0.6 is 0 Å². The Kier molecular flexibility index (Phi) is 7.62. The molecule has 2 aromatic carbocycles. The van der Waals surface area contributed by atoms with Crippen LogP contribution in [0.1, 0.15) is 38.2 Å². The van der Waals surface area contributed by atoms with Crippen LogP contribution in [-0.4, -0.2) is 41.7 Å². The lowest BCUT2D eigenvalue weighted by Crippen LogP contribution is -2.46. The van der Waals surface area contributed by atoms with Crippen molar-refractivity contribution < 1.29 is 9.53 Å². The smallest absolute Gasteiger partial charge is 0.328 e. The van der Waals surface area contributed by atoms with Crippen LogP contribution in [0.5, 0.6) is 0 Å². The fourth-order valence-electron chi connectivity index (χ4n) is 4.93. The number of rotatable bonds is 9. The first-order valence-corrected chi connectivity index (χ1v) is 13.1. The van der Waals surface area contributed by atoms with Gasteiger partial charge in [-0.3, -0.25) is 14.6 Å². The van der Waals surface area contributed by atoms with Crippen LogP contribution in [0.3, 0.4) is 0 Å². The number of benzene rings is 1. The minimum atomic E-state index is -0.798. The first-order valence-electron chi connectivity index (χ1n) is 13.1. The Bertz CT molecular complexity index is 1480. The molecule has 0 amide bonds. The molecule has 1 fully saturated rings. The van der Waals surface area contributed by atoms with Crippen LogP contribution in [0, 0.1) is 0 Å². The number of nitrogens with one attached hydrogen (secondary N) is 2. The maximum atomic E-state index is 12.8. The van der Waals surface area contributed by atoms with Gasteiger partial charge in [0.05, 0.1) is 6.61 Å². The third kappa shape index (κ3) is 5.37. The fraction of sp³-hybridized carbons (Fsp3) is 0.345. The predicted molar refractivity (Wildman–Crippen MR) is 149 cm³/mol. The molecule has 196 valence electrons. The maximum absolute atomic E-state index is 12.8. The Balaban J connectivity index is 1.33. The molecule has 5 rings (SSSR count). The summed E-state index contributed by atoms with van der Waals surface area (Å²) in [5.74, 6) is 0.243. The van der Waals surface area contributed by atoms with E-state index in [1.54, 1.807) is 25.5 Å². The first kappa shape index (κ1) is 25.4. The van der Waals surface area contributed by atoms with Gasteiger partial charge in [0.15, 0.2) is 0 Å². The normalized spacial score (nSPS) is 14.7. The second-order valence-corrected chi connectivity index (χ2v) is 9.51. The summed E-state index contributed by atoms with van der Waals surface area (Å²) in [7, 11) is 0. The minimum absolute atomic E-state index is 0.220. The summed E-state index contributed by atoms with van der Waals surface area (Å²) in [6, 6.07) is 10.7. The number of hydrogen-bond donors (Lipinski definition) is 2. The van der Waals surface area contributed by atoms with Crippen molar-refractivity contribution in [3.8, 4) is 0 Å². The third-order valence-electron chi connectivity index (χ3n) is 6.92. The van der Waals surface area contributed by atoms with Gasteiger partial charge in [0.25, 0.3) is 10.9 Å². The molecule has 1 atom stereocenters. The van der Waals surface area contributed by atoms with Crippen LogP contribution < -0.4 is 26.4 Å². The highest BCUT2D eigenvalue weighted by Gasteiger charge is 2.30. The molecule has 0 aliphatic carbocycles. The summed E-state index contributed by atoms with van der Waals surface area (Å²) in [5.41, 5.74) is 1.29. The van der Waals surface area contributed by atoms with Crippen LogP contribution in [0.25, 0.3) is 10.8 Å². The lowest BCUT2D eigenvalue weighted by Gasteiger charge is -2.28. The Hall–Kier alpha value is -4.27. The van der Waals surface area contributed by atoms with E-state index in [2.05, 4.69) is 20.6 Å². The minimum Gasteiger partial charge on any atom is -0.464 e. The highest BCUT2D eigenvalue weighted by molar-refractivity contribution is 5.92. The molecule has 2 aromatic heterocycles. The van der Waals surface area contributed by atoms with Gasteiger partial charge in [-0.25, -0.2) is 9.78 Å². The number of carbonyl (C=O) groups is 1. The predicted octanol–water partition coefficient (Wildman–Crippen LogP) is 3.94. The number of aromatic nitrogens is 2. The Morgan fingerprint density at radius 2 is 1.74 bits per heavy atom. The largest absolute Gasteiger partial charge is 0.464 e. The molecule has 0 unspecified atom stereocenters. The number of fused-ring (bicyclic) bond motifs is 1. The van der Waals surface area contributed by atoms with Crippen molar-refractivity contribution >= 4 is 39.6 Å². The van der Waals surface area contributed by atoms with Gasteiger partial charge >= 0.3 is 5.97 Å². The van der Waals surface area contributed by atoms with Crippen molar-refractivity contribution in [2.75, 3.05) is 35.2 Å². The number of carbonyl (C=O) groups excluding carboxylic acids is 1. The zero-order valence-corrected chi connectivity index (χ0v) is 21.4. The lowest BCUT2D eigenvalue weighted by atomic mass is 10.0. The van der Waals surface area contributed by atoms with Crippen LogP contribution in [-0.2, 0) is 16.0 Å². The van der Waals surface area contributed by atoms with Crippen molar-refractivity contribution in [1.82, 2.24) is 9.97 Å². The first-order chi connectivity index (χ1) is 18.5. The zero-order valence-electron chi connectivity index (χ0n) is 21.4. The number of esters is 1. The maximum Gasteiger partial charge on any atom is 0.328 e. The van der Waals surface area contributed by atoms with Crippen molar-refractivity contribution in [3.63, 3.8) is 0 Å². The van der Waals surface area contributed by atoms with Gasteiger partial charge in [0, 0.05) is 49.2 Å². The van der Waals surface area contributed by atoms with Gasteiger partial charge in [-0.05, 0) is 55.0 Å². The molecule has 0 saturated carbocycles. The topological polar surface area (TPSA) is 114 Å². The SMILES string of the molecule is CCOC(=O)[C@H](Cc1ccc(Nc2nccc3ccncc23)cc1)Nc1c(N2CCCCCC2)c(=O)c1=O. The standard InChI is InChI=1S/C29H31N5O4/c1-2-38-29(37)23(33-24-25(27(36)26(24)35)34-15-5-3-4-6-16-34)17-19-7-9-21(10-8-19)32-28-22-18-30-13-11-20(22)12-14-31-28/h7-14,18,23,33H,2-6,15-17H2,1H3,(H,31,32)/t23-/m0/s1. The zero-order chi connectivity index (χ0) is 26.5. The summed E-state index contributed by atoms with van der Waals surface area (Å²) in [6.07, 6.45) is 9.74. The molecule has 0 spiro atoms. The Morgan fingerprint density at radius 3 is 2.47 bits per heavy atom. The third-order valence-corrected chi connectivity index (χ3v) is 6.92. The van der Waals surface area contributed by atoms with Crippen molar-refractivity contribution in [3.05, 3.63) is 81.0 Å². The molecule has 0 bridgehead atoms. The van der Waals surface area contributed by atoms with Gasteiger partial charge in [-0.15, -0.1) is 0 Å². The van der Waals surface area contributed by atoms with Crippen LogP contribution in [0.2, 0.25) is 0 Å². The molecule has 3 heterocycles. The molecule has 1 aliphatic rings. The average molecular weight is 514 g/mol. The van der Waals surface area contributed by atoms with Crippen LogP contribution in [0.15, 0.2) is 64.6 Å². The second kappa shape index (κ2) is 11.4. The molecule has 38 heavy (non-hydrogen) atoms. The van der Waals surface area contributed by atoms with E-state index in [4.69, 9.17) is 4.74 Å². The molecule has 4 aromatic rings. The molecular formula is C29H31N5O4. The molecule has 1 aliphatic heterocycles. The summed E-state index contributed by atoms with van der Waals surface area (Å²) in [4.78, 5) is 48.4. The number of anilines is 4. The van der Waals surface area contributed by atoms with E-state index in [1.807, 2.05) is 41.3 Å². The highest BCUT2D eigenvalue weighted by Crippen LogP contribution is 2.26. The molecule has 2 N–H and O–H groups in total. The van der Waals surface area contributed by atoms with E-state index in [9.17, 15) is 14.4 Å². The van der Waals surface area contributed by atoms with E-state index < -0.39 is 22.9 Å². The van der Waals surface area contributed by atoms with Crippen molar-refractivity contribution in [2.24, 2.45) is 0 Å². The molecule has 1 saturated heterocycles. The molecule has 9 heteroatoms.